The highest BCUT2D eigenvalue weighted by Gasteiger charge is 2.45. The summed E-state index contributed by atoms with van der Waals surface area (Å²) in [6.07, 6.45) is 15.2. The van der Waals surface area contributed by atoms with E-state index in [0.717, 1.165) is 95.8 Å². The monoisotopic (exact) mass is 689 g/mol. The molecule has 1 aliphatic heterocycles. The molecule has 0 aromatic carbocycles. The van der Waals surface area contributed by atoms with Crippen LogP contribution in [-0.2, 0) is 23.9 Å². The SMILES string of the molecule is CC(C)C.NC(=O)C(=O)C(CC1CC1)NP=CC1CCCN1C(=O)C(NC(=O)NC1(C(=O)OCC2CC2)CCCCC1)C1CCCCC1. The van der Waals surface area contributed by atoms with Gasteiger partial charge in [0, 0.05) is 6.54 Å². The molecule has 3 unspecified atom stereocenters. The van der Waals surface area contributed by atoms with Gasteiger partial charge in [0.1, 0.15) is 11.6 Å². The molecule has 0 radical (unpaired) electrons. The van der Waals surface area contributed by atoms with Crippen molar-refractivity contribution in [3.8, 4) is 0 Å². The van der Waals surface area contributed by atoms with Gasteiger partial charge in [0.15, 0.2) is 0 Å². The van der Waals surface area contributed by atoms with Crippen LogP contribution < -0.4 is 21.5 Å². The minimum absolute atomic E-state index is 0.0270. The average Bonchev–Trinajstić information content (AvgIpc) is 4.01. The second kappa shape index (κ2) is 18.5. The lowest BCUT2D eigenvalue weighted by molar-refractivity contribution is -0.153. The van der Waals surface area contributed by atoms with E-state index in [1.165, 1.54) is 0 Å². The van der Waals surface area contributed by atoms with Crippen molar-refractivity contribution in [3.63, 3.8) is 0 Å². The van der Waals surface area contributed by atoms with E-state index in [0.29, 0.717) is 52.6 Å². The number of amides is 4. The quantitative estimate of drug-likeness (QED) is 0.113. The van der Waals surface area contributed by atoms with E-state index in [-0.39, 0.29) is 23.8 Å². The number of esters is 1. The van der Waals surface area contributed by atoms with Crippen molar-refractivity contribution in [1.82, 2.24) is 20.6 Å². The number of nitrogens with zero attached hydrogens (tertiary/aromatic N) is 1. The molecule has 5 N–H and O–H groups in total. The van der Waals surface area contributed by atoms with Gasteiger partial charge in [-0.3, -0.25) is 19.5 Å². The van der Waals surface area contributed by atoms with Gasteiger partial charge in [0.05, 0.1) is 18.7 Å². The van der Waals surface area contributed by atoms with E-state index >= 15 is 0 Å². The van der Waals surface area contributed by atoms with E-state index in [1.54, 1.807) is 0 Å². The van der Waals surface area contributed by atoms with Gasteiger partial charge in [-0.1, -0.05) is 72.1 Å². The van der Waals surface area contributed by atoms with Crippen LogP contribution in [0.5, 0.6) is 0 Å². The molecule has 5 fully saturated rings. The Bertz CT molecular complexity index is 1140. The molecule has 4 saturated carbocycles. The number of ketones is 1. The summed E-state index contributed by atoms with van der Waals surface area (Å²) in [5.41, 5.74) is 4.24. The number of carbonyl (C=O) groups is 5. The highest BCUT2D eigenvalue weighted by Crippen LogP contribution is 2.35. The maximum atomic E-state index is 14.2. The fourth-order valence-electron chi connectivity index (χ4n) is 7.09. The lowest BCUT2D eigenvalue weighted by atomic mass is 9.81. The van der Waals surface area contributed by atoms with Crippen LogP contribution in [0.1, 0.15) is 130 Å². The zero-order valence-corrected chi connectivity index (χ0v) is 30.4. The Morgan fingerprint density at radius 2 is 1.50 bits per heavy atom. The predicted octanol–water partition coefficient (Wildman–Crippen LogP) is 5.02. The van der Waals surface area contributed by atoms with Crippen LogP contribution in [0.25, 0.3) is 0 Å². The van der Waals surface area contributed by atoms with E-state index in [2.05, 4.69) is 36.5 Å². The van der Waals surface area contributed by atoms with Crippen LogP contribution >= 0.6 is 8.35 Å². The van der Waals surface area contributed by atoms with E-state index < -0.39 is 35.3 Å². The minimum atomic E-state index is -1.05. The largest absolute Gasteiger partial charge is 0.464 e. The van der Waals surface area contributed by atoms with Gasteiger partial charge in [-0.05, 0) is 95.6 Å². The van der Waals surface area contributed by atoms with Crippen LogP contribution in [0.4, 0.5) is 4.79 Å². The van der Waals surface area contributed by atoms with Crippen molar-refractivity contribution in [1.29, 1.82) is 0 Å². The summed E-state index contributed by atoms with van der Waals surface area (Å²) < 4.78 is 5.67. The maximum absolute atomic E-state index is 14.2. The van der Waals surface area contributed by atoms with Gasteiger partial charge in [0.2, 0.25) is 11.7 Å². The van der Waals surface area contributed by atoms with Crippen molar-refractivity contribution < 1.29 is 28.7 Å². The molecule has 270 valence electrons. The molecule has 11 nitrogen and oxygen atoms in total. The van der Waals surface area contributed by atoms with E-state index in [4.69, 9.17) is 10.5 Å². The lowest BCUT2D eigenvalue weighted by Crippen LogP contribution is -2.62. The number of carbonyl (C=O) groups excluding carboxylic acids is 5. The fraction of sp³-hybridized carbons (Fsp3) is 0.833. The third-order valence-corrected chi connectivity index (χ3v) is 11.1. The Labute approximate surface area is 288 Å². The van der Waals surface area contributed by atoms with Gasteiger partial charge >= 0.3 is 12.0 Å². The number of rotatable bonds is 14. The van der Waals surface area contributed by atoms with Gasteiger partial charge < -0.3 is 26.0 Å². The third-order valence-electron chi connectivity index (χ3n) is 10.2. The van der Waals surface area contributed by atoms with Crippen molar-refractivity contribution in [2.24, 2.45) is 29.4 Å². The molecular formula is C36H60N5O6P. The van der Waals surface area contributed by atoms with Crippen molar-refractivity contribution in [2.75, 3.05) is 13.2 Å². The van der Waals surface area contributed by atoms with Crippen molar-refractivity contribution in [3.05, 3.63) is 0 Å². The predicted molar refractivity (Wildman–Crippen MR) is 188 cm³/mol. The zero-order valence-electron chi connectivity index (χ0n) is 29.5. The summed E-state index contributed by atoms with van der Waals surface area (Å²) in [6.45, 7) is 7.50. The summed E-state index contributed by atoms with van der Waals surface area (Å²) in [5, 5.41) is 9.22. The van der Waals surface area contributed by atoms with E-state index in [9.17, 15) is 24.0 Å². The minimum Gasteiger partial charge on any atom is -0.464 e. The number of urea groups is 1. The normalized spacial score (nSPS) is 23.9. The van der Waals surface area contributed by atoms with Crippen molar-refractivity contribution >= 4 is 43.7 Å². The molecule has 3 atom stereocenters. The van der Waals surface area contributed by atoms with Crippen LogP contribution in [-0.4, -0.2) is 77.1 Å². The van der Waals surface area contributed by atoms with Crippen LogP contribution in [0.2, 0.25) is 0 Å². The van der Waals surface area contributed by atoms with Gasteiger partial charge in [-0.2, -0.15) is 0 Å². The Morgan fingerprint density at radius 3 is 2.10 bits per heavy atom. The molecule has 1 heterocycles. The Kier molecular flexibility index (Phi) is 14.7. The molecular weight excluding hydrogens is 629 g/mol. The maximum Gasteiger partial charge on any atom is 0.331 e. The van der Waals surface area contributed by atoms with Gasteiger partial charge in [-0.15, -0.1) is 0 Å². The number of nitrogens with two attached hydrogens (primary N) is 1. The molecule has 12 heteroatoms. The van der Waals surface area contributed by atoms with Crippen LogP contribution in [0.3, 0.4) is 0 Å². The van der Waals surface area contributed by atoms with Gasteiger partial charge in [0.25, 0.3) is 5.91 Å². The Balaban J connectivity index is 0.00000123. The molecule has 0 aromatic rings. The topological polar surface area (TPSA) is 160 Å². The highest BCUT2D eigenvalue weighted by atomic mass is 31.1. The number of Topliss-reactive ketones (excluding diaryl/α,β-unsaturated/α-hetero) is 1. The van der Waals surface area contributed by atoms with Crippen LogP contribution in [0, 0.1) is 23.7 Å². The number of ether oxygens (including phenoxy) is 1. The first-order valence-corrected chi connectivity index (χ1v) is 19.6. The summed E-state index contributed by atoms with van der Waals surface area (Å²) in [4.78, 5) is 66.8. The number of likely N-dealkylation sites (tertiary alicyclic amines) is 1. The molecule has 0 spiro atoms. The second-order valence-electron chi connectivity index (χ2n) is 15.5. The molecule has 1 saturated heterocycles. The second-order valence-corrected chi connectivity index (χ2v) is 16.3. The Hall–Kier alpha value is -2.52. The molecule has 4 aliphatic carbocycles. The fourth-order valence-corrected chi connectivity index (χ4v) is 8.06. The highest BCUT2D eigenvalue weighted by molar-refractivity contribution is 7.36. The first-order chi connectivity index (χ1) is 23.0. The average molecular weight is 690 g/mol. The zero-order chi connectivity index (χ0) is 34.7. The third kappa shape index (κ3) is 11.8. The van der Waals surface area contributed by atoms with Crippen LogP contribution in [0.15, 0.2) is 0 Å². The smallest absolute Gasteiger partial charge is 0.331 e. The molecule has 5 rings (SSSR count). The summed E-state index contributed by atoms with van der Waals surface area (Å²) in [7, 11) is 0.664. The molecule has 48 heavy (non-hydrogen) atoms. The first kappa shape index (κ1) is 38.3. The van der Waals surface area contributed by atoms with Gasteiger partial charge in [-0.25, -0.2) is 9.59 Å². The molecule has 0 aromatic heterocycles. The first-order valence-electron chi connectivity index (χ1n) is 18.7. The summed E-state index contributed by atoms with van der Waals surface area (Å²) >= 11 is 0. The molecule has 4 amide bonds. The van der Waals surface area contributed by atoms with Crippen molar-refractivity contribution in [2.45, 2.75) is 154 Å². The lowest BCUT2D eigenvalue weighted by Gasteiger charge is -2.38. The number of primary amides is 1. The number of hydrogen-bond donors (Lipinski definition) is 4. The summed E-state index contributed by atoms with van der Waals surface area (Å²) in [6, 6.07) is -1.94. The number of hydrogen-bond acceptors (Lipinski definition) is 7. The molecule has 5 aliphatic rings. The standard InChI is InChI=1S/C32H50N5O6P.C4H10/c33-28(39)27(38)25(18-21-11-12-21)36-44-20-24-10-7-17-37(24)29(40)26(23-8-3-1-4-9-23)34-31(42)35-32(15-5-2-6-16-32)30(41)43-19-22-13-14-22;1-4(2)3/h20-26,36H,1-19H2,(H2,33,39)(H2,34,35,42);4H,1-3H3. The number of nitrogens with one attached hydrogen (secondary N) is 3. The Morgan fingerprint density at radius 1 is 0.875 bits per heavy atom. The molecule has 0 bridgehead atoms. The summed E-state index contributed by atoms with van der Waals surface area (Å²) in [5.74, 6) is 1.74. The van der Waals surface area contributed by atoms with E-state index in [1.807, 2.05) is 10.7 Å².